The smallest absolute Gasteiger partial charge is 0.337 e. The Morgan fingerprint density at radius 2 is 1.58 bits per heavy atom. The number of amides is 3. The molecular formula is C30H42N4O4. The number of hydrogen-bond donors (Lipinski definition) is 0. The van der Waals surface area contributed by atoms with Gasteiger partial charge in [-0.15, -0.1) is 0 Å². The molecule has 0 N–H and O–H groups in total. The molecule has 0 bridgehead atoms. The summed E-state index contributed by atoms with van der Waals surface area (Å²) in [6, 6.07) is 7.10. The van der Waals surface area contributed by atoms with Crippen molar-refractivity contribution in [3.63, 3.8) is 0 Å². The minimum absolute atomic E-state index is 0.220. The first kappa shape index (κ1) is 29.1. The van der Waals surface area contributed by atoms with E-state index in [4.69, 9.17) is 9.72 Å². The van der Waals surface area contributed by atoms with Crippen LogP contribution >= 0.6 is 0 Å². The summed E-state index contributed by atoms with van der Waals surface area (Å²) in [5.74, 6) is 0.332. The highest BCUT2D eigenvalue weighted by molar-refractivity contribution is 6.13. The van der Waals surface area contributed by atoms with Gasteiger partial charge in [0.25, 0.3) is 5.91 Å². The first-order valence-corrected chi connectivity index (χ1v) is 14.0. The molecule has 1 aliphatic rings. The molecule has 1 fully saturated rings. The summed E-state index contributed by atoms with van der Waals surface area (Å²) in [6.45, 7) is 7.86. The Morgan fingerprint density at radius 1 is 0.895 bits per heavy atom. The zero-order valence-electron chi connectivity index (χ0n) is 23.4. The van der Waals surface area contributed by atoms with Gasteiger partial charge in [0.15, 0.2) is 0 Å². The summed E-state index contributed by atoms with van der Waals surface area (Å²) in [4.78, 5) is 46.2. The molecule has 206 valence electrons. The molecule has 2 heterocycles. The second kappa shape index (κ2) is 14.5. The van der Waals surface area contributed by atoms with Crippen molar-refractivity contribution >= 4 is 24.0 Å². The molecule has 0 unspecified atom stereocenters. The Bertz CT molecular complexity index is 1120. The molecular weight excluding hydrogens is 480 g/mol. The van der Waals surface area contributed by atoms with Crippen molar-refractivity contribution in [2.75, 3.05) is 20.2 Å². The Kier molecular flexibility index (Phi) is 11.1. The first-order chi connectivity index (χ1) is 18.4. The Morgan fingerprint density at radius 3 is 2.24 bits per heavy atom. The third-order valence-electron chi connectivity index (χ3n) is 6.91. The van der Waals surface area contributed by atoms with E-state index in [-0.39, 0.29) is 17.9 Å². The molecule has 1 saturated heterocycles. The summed E-state index contributed by atoms with van der Waals surface area (Å²) in [7, 11) is 1.37. The monoisotopic (exact) mass is 522 g/mol. The molecule has 0 atom stereocenters. The van der Waals surface area contributed by atoms with Crippen LogP contribution in [0.15, 0.2) is 36.2 Å². The lowest BCUT2D eigenvalue weighted by atomic mass is 10.1. The maximum absolute atomic E-state index is 13.4. The number of ether oxygens (including phenoxy) is 1. The highest BCUT2D eigenvalue weighted by atomic mass is 16.5. The average Bonchev–Trinajstić information content (AvgIpc) is 3.40. The molecule has 3 rings (SSSR count). The number of aromatic nitrogens is 2. The van der Waals surface area contributed by atoms with Gasteiger partial charge in [-0.3, -0.25) is 14.6 Å². The van der Waals surface area contributed by atoms with Crippen LogP contribution in [-0.2, 0) is 22.5 Å². The number of carbonyl (C=O) groups excluding carboxylic acids is 3. The number of esters is 1. The van der Waals surface area contributed by atoms with Crippen LogP contribution in [0.5, 0.6) is 0 Å². The Labute approximate surface area is 226 Å². The summed E-state index contributed by atoms with van der Waals surface area (Å²) < 4.78 is 6.92. The Balaban J connectivity index is 1.95. The fraction of sp³-hybridized carbons (Fsp3) is 0.533. The van der Waals surface area contributed by atoms with Crippen molar-refractivity contribution in [3.8, 4) is 0 Å². The Hall–Kier alpha value is -3.42. The van der Waals surface area contributed by atoms with Gasteiger partial charge < -0.3 is 9.30 Å². The minimum Gasteiger partial charge on any atom is -0.465 e. The van der Waals surface area contributed by atoms with E-state index in [2.05, 4.69) is 25.3 Å². The summed E-state index contributed by atoms with van der Waals surface area (Å²) in [6.07, 6.45) is 12.3. The van der Waals surface area contributed by atoms with Gasteiger partial charge >= 0.3 is 12.0 Å². The van der Waals surface area contributed by atoms with Crippen LogP contribution in [0.3, 0.4) is 0 Å². The van der Waals surface area contributed by atoms with Gasteiger partial charge in [-0.25, -0.2) is 14.6 Å². The highest BCUT2D eigenvalue weighted by Crippen LogP contribution is 2.26. The molecule has 0 saturated carbocycles. The largest absolute Gasteiger partial charge is 0.465 e. The summed E-state index contributed by atoms with van der Waals surface area (Å²) >= 11 is 0. The molecule has 2 aromatic rings. The zero-order chi connectivity index (χ0) is 27.5. The standard InChI is InChI=1S/C30H42N4O4/c1-5-8-11-12-19-32-26(28(35)33(30(32)37)18-10-7-3)20-25-21-31-27(13-9-6-2)34(25)22-23-14-16-24(17-15-23)29(36)38-4/h14-17,20-21H,5-13,18-19,22H2,1-4H3/b26-20-. The maximum Gasteiger partial charge on any atom is 0.337 e. The minimum atomic E-state index is -0.371. The van der Waals surface area contributed by atoms with Crippen LogP contribution in [0, 0.1) is 0 Å². The lowest BCUT2D eigenvalue weighted by molar-refractivity contribution is -0.123. The molecule has 8 heteroatoms. The van der Waals surface area contributed by atoms with Gasteiger partial charge in [-0.2, -0.15) is 0 Å². The molecule has 8 nitrogen and oxygen atoms in total. The van der Waals surface area contributed by atoms with E-state index in [0.29, 0.717) is 30.9 Å². The van der Waals surface area contributed by atoms with Crippen molar-refractivity contribution in [2.24, 2.45) is 0 Å². The van der Waals surface area contributed by atoms with Crippen LogP contribution in [0.2, 0.25) is 0 Å². The van der Waals surface area contributed by atoms with Crippen molar-refractivity contribution in [1.29, 1.82) is 0 Å². The zero-order valence-corrected chi connectivity index (χ0v) is 23.4. The van der Waals surface area contributed by atoms with Crippen LogP contribution in [0.1, 0.15) is 99.6 Å². The summed E-state index contributed by atoms with van der Waals surface area (Å²) in [5.41, 5.74) is 2.71. The molecule has 3 amide bonds. The number of hydrogen-bond acceptors (Lipinski definition) is 5. The lowest BCUT2D eigenvalue weighted by Crippen LogP contribution is -2.34. The van der Waals surface area contributed by atoms with Gasteiger partial charge in [0.2, 0.25) is 0 Å². The van der Waals surface area contributed by atoms with Crippen LogP contribution in [-0.4, -0.2) is 57.5 Å². The van der Waals surface area contributed by atoms with Gasteiger partial charge in [0, 0.05) is 26.1 Å². The van der Waals surface area contributed by atoms with E-state index in [1.165, 1.54) is 12.0 Å². The number of benzene rings is 1. The number of methoxy groups -OCH3 is 1. The molecule has 38 heavy (non-hydrogen) atoms. The number of unbranched alkanes of at least 4 members (excludes halogenated alkanes) is 5. The van der Waals surface area contributed by atoms with E-state index in [1.807, 2.05) is 18.2 Å². The number of imidazole rings is 1. The topological polar surface area (TPSA) is 84.7 Å². The van der Waals surface area contributed by atoms with Gasteiger partial charge in [-0.1, -0.05) is 65.0 Å². The third-order valence-corrected chi connectivity index (χ3v) is 6.91. The number of rotatable bonds is 15. The number of nitrogens with zero attached hydrogens (tertiary/aromatic N) is 4. The van der Waals surface area contributed by atoms with Crippen molar-refractivity contribution in [2.45, 2.75) is 85.1 Å². The molecule has 0 spiro atoms. The molecule has 1 aromatic heterocycles. The highest BCUT2D eigenvalue weighted by Gasteiger charge is 2.40. The van der Waals surface area contributed by atoms with E-state index >= 15 is 0 Å². The van der Waals surface area contributed by atoms with Gasteiger partial charge in [-0.05, 0) is 43.0 Å². The van der Waals surface area contributed by atoms with Gasteiger partial charge in [0.05, 0.1) is 24.6 Å². The predicted molar refractivity (Wildman–Crippen MR) is 149 cm³/mol. The van der Waals surface area contributed by atoms with E-state index in [0.717, 1.165) is 74.9 Å². The fourth-order valence-electron chi connectivity index (χ4n) is 4.60. The van der Waals surface area contributed by atoms with Crippen LogP contribution < -0.4 is 0 Å². The van der Waals surface area contributed by atoms with Crippen molar-refractivity contribution in [3.05, 3.63) is 58.8 Å². The fourth-order valence-corrected chi connectivity index (χ4v) is 4.60. The van der Waals surface area contributed by atoms with Crippen LogP contribution in [0.4, 0.5) is 4.79 Å². The van der Waals surface area contributed by atoms with Crippen LogP contribution in [0.25, 0.3) is 6.08 Å². The molecule has 1 aromatic carbocycles. The predicted octanol–water partition coefficient (Wildman–Crippen LogP) is 6.05. The van der Waals surface area contributed by atoms with E-state index < -0.39 is 0 Å². The molecule has 0 aliphatic carbocycles. The van der Waals surface area contributed by atoms with Crippen molar-refractivity contribution < 1.29 is 19.1 Å². The normalized spacial score (nSPS) is 14.7. The average molecular weight is 523 g/mol. The maximum atomic E-state index is 13.4. The number of carbonyl (C=O) groups is 3. The van der Waals surface area contributed by atoms with Crippen molar-refractivity contribution in [1.82, 2.24) is 19.4 Å². The lowest BCUT2D eigenvalue weighted by Gasteiger charge is -2.17. The molecule has 0 radical (unpaired) electrons. The SMILES string of the molecule is CCCCCCN1C(=O)N(CCCC)C(=O)/C1=C/c1cnc(CCCC)n1Cc1ccc(C(=O)OC)cc1. The van der Waals surface area contributed by atoms with E-state index in [9.17, 15) is 14.4 Å². The first-order valence-electron chi connectivity index (χ1n) is 14.0. The number of aryl methyl sites for hydroxylation is 1. The number of urea groups is 1. The third kappa shape index (κ3) is 7.11. The van der Waals surface area contributed by atoms with E-state index in [1.54, 1.807) is 23.2 Å². The summed E-state index contributed by atoms with van der Waals surface area (Å²) in [5, 5.41) is 0. The second-order valence-electron chi connectivity index (χ2n) is 9.81. The van der Waals surface area contributed by atoms with Gasteiger partial charge in [0.1, 0.15) is 11.5 Å². The number of imide groups is 1. The second-order valence-corrected chi connectivity index (χ2v) is 9.81. The molecule has 1 aliphatic heterocycles. The quantitative estimate of drug-likeness (QED) is 0.123.